The minimum Gasteiger partial charge on any atom is -0.490 e. The Hall–Kier alpha value is -3.92. The van der Waals surface area contributed by atoms with Crippen molar-refractivity contribution in [3.8, 4) is 11.4 Å². The molecule has 2 unspecified atom stereocenters. The maximum atomic E-state index is 12.0. The summed E-state index contributed by atoms with van der Waals surface area (Å²) in [5.74, 6) is 0.190. The maximum absolute atomic E-state index is 12.0. The molecule has 1 aliphatic rings. The van der Waals surface area contributed by atoms with Gasteiger partial charge in [-0.2, -0.15) is 0 Å². The van der Waals surface area contributed by atoms with Crippen molar-refractivity contribution in [1.82, 2.24) is 14.9 Å². The fourth-order valence-corrected chi connectivity index (χ4v) is 5.25. The lowest BCUT2D eigenvalue weighted by atomic mass is 10.0. The number of anilines is 1. The van der Waals surface area contributed by atoms with Gasteiger partial charge in [-0.25, -0.2) is 4.79 Å². The van der Waals surface area contributed by atoms with Crippen molar-refractivity contribution in [3.05, 3.63) is 107 Å². The Morgan fingerprint density at radius 1 is 1.03 bits per heavy atom. The molecule has 2 aromatic carbocycles. The number of thiocarbonyl (C=S) groups is 1. The van der Waals surface area contributed by atoms with E-state index in [2.05, 4.69) is 20.9 Å². The van der Waals surface area contributed by atoms with Gasteiger partial charge in [0.2, 0.25) is 0 Å². The van der Waals surface area contributed by atoms with E-state index >= 15 is 0 Å². The predicted molar refractivity (Wildman–Crippen MR) is 154 cm³/mol. The largest absolute Gasteiger partial charge is 0.490 e. The second-order valence-electron chi connectivity index (χ2n) is 8.79. The minimum absolute atomic E-state index is 0.238. The van der Waals surface area contributed by atoms with E-state index in [1.165, 1.54) is 7.11 Å². The molecular formula is C29H27ClN4O4S. The average molecular weight is 563 g/mol. The van der Waals surface area contributed by atoms with Gasteiger partial charge in [-0.3, -0.25) is 4.98 Å². The minimum atomic E-state index is -0.382. The van der Waals surface area contributed by atoms with Crippen LogP contribution in [0.15, 0.2) is 85.2 Å². The summed E-state index contributed by atoms with van der Waals surface area (Å²) >= 11 is 12.5. The van der Waals surface area contributed by atoms with Crippen LogP contribution in [0.3, 0.4) is 0 Å². The molecule has 0 aliphatic carbocycles. The number of halogens is 1. The normalized spacial score (nSPS) is 16.7. The van der Waals surface area contributed by atoms with E-state index in [-0.39, 0.29) is 18.1 Å². The van der Waals surface area contributed by atoms with Crippen LogP contribution in [-0.4, -0.2) is 48.1 Å². The van der Waals surface area contributed by atoms with Gasteiger partial charge in [-0.15, -0.1) is 0 Å². The van der Waals surface area contributed by atoms with E-state index in [1.807, 2.05) is 65.7 Å². The summed E-state index contributed by atoms with van der Waals surface area (Å²) in [5, 5.41) is 4.49. The third kappa shape index (κ3) is 5.47. The molecule has 0 spiro atoms. The monoisotopic (exact) mass is 562 g/mol. The van der Waals surface area contributed by atoms with Crippen molar-refractivity contribution in [2.45, 2.75) is 12.1 Å². The number of carbonyl (C=O) groups is 1. The standard InChI is InChI=1S/C29H27ClN4O4S/c1-36-16-17-38-25-13-12-21(18-22(25)30)34-27(26(32-29(34)39)23-6-3-4-14-31-23)24-7-5-15-33(24)20-10-8-19(9-11-20)28(35)37-2/h3-15,18,26-27H,16-17H2,1-2H3,(H,32,39). The molecule has 1 aliphatic heterocycles. The van der Waals surface area contributed by atoms with Crippen molar-refractivity contribution in [2.75, 3.05) is 32.3 Å². The van der Waals surface area contributed by atoms with Crippen molar-refractivity contribution in [2.24, 2.45) is 0 Å². The van der Waals surface area contributed by atoms with Crippen LogP contribution in [0, 0.1) is 0 Å². The van der Waals surface area contributed by atoms with Gasteiger partial charge in [0.05, 0.1) is 36.0 Å². The number of esters is 1. The van der Waals surface area contributed by atoms with E-state index in [4.69, 9.17) is 38.0 Å². The second-order valence-corrected chi connectivity index (χ2v) is 9.59. The molecule has 200 valence electrons. The van der Waals surface area contributed by atoms with Gasteiger partial charge >= 0.3 is 5.97 Å². The fraction of sp³-hybridized carbons (Fsp3) is 0.207. The van der Waals surface area contributed by atoms with Crippen molar-refractivity contribution in [1.29, 1.82) is 0 Å². The number of methoxy groups -OCH3 is 2. The first-order valence-corrected chi connectivity index (χ1v) is 13.1. The van der Waals surface area contributed by atoms with Crippen LogP contribution in [0.2, 0.25) is 5.02 Å². The summed E-state index contributed by atoms with van der Waals surface area (Å²) in [7, 11) is 2.99. The molecule has 8 nitrogen and oxygen atoms in total. The van der Waals surface area contributed by atoms with Gasteiger partial charge in [0.25, 0.3) is 0 Å². The van der Waals surface area contributed by atoms with Gasteiger partial charge < -0.3 is 29.0 Å². The second kappa shape index (κ2) is 11.9. The lowest BCUT2D eigenvalue weighted by Crippen LogP contribution is -2.30. The highest BCUT2D eigenvalue weighted by Crippen LogP contribution is 2.43. The van der Waals surface area contributed by atoms with Crippen LogP contribution in [0.4, 0.5) is 5.69 Å². The van der Waals surface area contributed by atoms with Crippen molar-refractivity contribution in [3.63, 3.8) is 0 Å². The lowest BCUT2D eigenvalue weighted by molar-refractivity contribution is 0.0600. The van der Waals surface area contributed by atoms with Crippen LogP contribution < -0.4 is 15.0 Å². The number of hydrogen-bond acceptors (Lipinski definition) is 6. The Bertz CT molecular complexity index is 1460. The summed E-state index contributed by atoms with van der Waals surface area (Å²) in [6.45, 7) is 0.857. The number of hydrogen-bond donors (Lipinski definition) is 1. The molecule has 3 heterocycles. The van der Waals surface area contributed by atoms with Gasteiger partial charge in [0.15, 0.2) is 5.11 Å². The topological polar surface area (TPSA) is 77.9 Å². The Balaban J connectivity index is 1.56. The number of benzene rings is 2. The summed E-state index contributed by atoms with van der Waals surface area (Å²) in [4.78, 5) is 18.6. The highest BCUT2D eigenvalue weighted by atomic mass is 35.5. The van der Waals surface area contributed by atoms with Crippen LogP contribution in [0.1, 0.15) is 33.8 Å². The molecule has 0 radical (unpaired) electrons. The summed E-state index contributed by atoms with van der Waals surface area (Å²) in [5.41, 5.74) is 4.01. The first kappa shape index (κ1) is 26.7. The first-order chi connectivity index (χ1) is 19.0. The zero-order chi connectivity index (χ0) is 27.4. The zero-order valence-electron chi connectivity index (χ0n) is 21.4. The molecule has 39 heavy (non-hydrogen) atoms. The van der Waals surface area contributed by atoms with Crippen molar-refractivity contribution < 1.29 is 19.0 Å². The Morgan fingerprint density at radius 3 is 2.51 bits per heavy atom. The summed E-state index contributed by atoms with van der Waals surface area (Å²) < 4.78 is 17.7. The molecule has 0 bridgehead atoms. The van der Waals surface area contributed by atoms with Gasteiger partial charge in [-0.05, 0) is 78.9 Å². The molecule has 4 aromatic rings. The smallest absolute Gasteiger partial charge is 0.337 e. The van der Waals surface area contributed by atoms with Crippen LogP contribution in [0.5, 0.6) is 5.75 Å². The number of nitrogens with one attached hydrogen (secondary N) is 1. The summed E-state index contributed by atoms with van der Waals surface area (Å²) in [6.07, 6.45) is 3.75. The summed E-state index contributed by atoms with van der Waals surface area (Å²) in [6, 6.07) is 22.3. The number of rotatable bonds is 9. The number of ether oxygens (including phenoxy) is 3. The van der Waals surface area contributed by atoms with E-state index in [0.29, 0.717) is 34.7 Å². The number of pyridine rings is 1. The van der Waals surface area contributed by atoms with E-state index in [0.717, 1.165) is 22.8 Å². The van der Waals surface area contributed by atoms with E-state index in [1.54, 1.807) is 25.4 Å². The van der Waals surface area contributed by atoms with E-state index < -0.39 is 0 Å². The van der Waals surface area contributed by atoms with Crippen LogP contribution in [0.25, 0.3) is 5.69 Å². The number of carbonyl (C=O) groups excluding carboxylic acids is 1. The quantitative estimate of drug-likeness (QED) is 0.162. The SMILES string of the molecule is COCCOc1ccc(N2C(=S)NC(c3ccccn3)C2c2cccn2-c2ccc(C(=O)OC)cc2)cc1Cl. The van der Waals surface area contributed by atoms with Crippen molar-refractivity contribution >= 4 is 40.6 Å². The Labute approximate surface area is 237 Å². The molecule has 0 amide bonds. The van der Waals surface area contributed by atoms with Crippen LogP contribution >= 0.6 is 23.8 Å². The zero-order valence-corrected chi connectivity index (χ0v) is 23.0. The van der Waals surface area contributed by atoms with Gasteiger partial charge in [0, 0.05) is 36.6 Å². The molecule has 1 fully saturated rings. The maximum Gasteiger partial charge on any atom is 0.337 e. The highest BCUT2D eigenvalue weighted by Gasteiger charge is 2.42. The molecule has 1 N–H and O–H groups in total. The predicted octanol–water partition coefficient (Wildman–Crippen LogP) is 5.51. The molecule has 2 atom stereocenters. The number of nitrogens with zero attached hydrogens (tertiary/aromatic N) is 3. The Kier molecular flexibility index (Phi) is 8.11. The lowest BCUT2D eigenvalue weighted by Gasteiger charge is -2.29. The molecular weight excluding hydrogens is 536 g/mol. The third-order valence-electron chi connectivity index (χ3n) is 6.49. The fourth-order valence-electron chi connectivity index (χ4n) is 4.67. The van der Waals surface area contributed by atoms with Crippen LogP contribution in [-0.2, 0) is 9.47 Å². The van der Waals surface area contributed by atoms with Gasteiger partial charge in [-0.1, -0.05) is 17.7 Å². The Morgan fingerprint density at radius 2 is 1.82 bits per heavy atom. The number of aromatic nitrogens is 2. The molecule has 10 heteroatoms. The molecule has 1 saturated heterocycles. The van der Waals surface area contributed by atoms with E-state index in [9.17, 15) is 4.79 Å². The van der Waals surface area contributed by atoms with Gasteiger partial charge in [0.1, 0.15) is 18.4 Å². The average Bonchev–Trinajstić information content (AvgIpc) is 3.58. The third-order valence-corrected chi connectivity index (χ3v) is 7.10. The first-order valence-electron chi connectivity index (χ1n) is 12.3. The molecule has 2 aromatic heterocycles. The molecule has 0 saturated carbocycles. The highest BCUT2D eigenvalue weighted by molar-refractivity contribution is 7.80. The molecule has 5 rings (SSSR count).